The molecular weight excluding hydrogens is 332 g/mol. The standard InChI is InChI=1S/C23H32N4/c1-24-23(25-16-20-13-14-27(2)18-20)26-17-22(21-11-7-4-8-12-21)15-19-9-5-3-6-10-19/h3-12,20,22H,13-18H2,1-2H3,(H2,24,25,26). The molecule has 0 amide bonds. The lowest BCUT2D eigenvalue weighted by Crippen LogP contribution is -2.42. The lowest BCUT2D eigenvalue weighted by atomic mass is 9.92. The number of rotatable bonds is 7. The third kappa shape index (κ3) is 6.10. The van der Waals surface area contributed by atoms with Crippen molar-refractivity contribution in [3.63, 3.8) is 0 Å². The molecule has 1 aliphatic heterocycles. The van der Waals surface area contributed by atoms with Crippen LogP contribution in [-0.4, -0.2) is 51.1 Å². The highest BCUT2D eigenvalue weighted by Crippen LogP contribution is 2.20. The number of guanidine groups is 1. The fourth-order valence-corrected chi connectivity index (χ4v) is 3.81. The van der Waals surface area contributed by atoms with Crippen LogP contribution in [0.2, 0.25) is 0 Å². The molecule has 2 N–H and O–H groups in total. The SMILES string of the molecule is CN=C(NCC1CCN(C)C1)NCC(Cc1ccccc1)c1ccccc1. The van der Waals surface area contributed by atoms with Crippen LogP contribution in [0.15, 0.2) is 65.7 Å². The second-order valence-electron chi connectivity index (χ2n) is 7.55. The van der Waals surface area contributed by atoms with E-state index in [0.717, 1.165) is 25.5 Å². The van der Waals surface area contributed by atoms with Gasteiger partial charge in [0.2, 0.25) is 0 Å². The Morgan fingerprint density at radius 3 is 2.41 bits per heavy atom. The molecule has 1 heterocycles. The Labute approximate surface area is 163 Å². The van der Waals surface area contributed by atoms with E-state index in [1.54, 1.807) is 0 Å². The molecule has 1 fully saturated rings. The van der Waals surface area contributed by atoms with Crippen molar-refractivity contribution < 1.29 is 0 Å². The van der Waals surface area contributed by atoms with Crippen LogP contribution >= 0.6 is 0 Å². The minimum Gasteiger partial charge on any atom is -0.356 e. The third-order valence-electron chi connectivity index (χ3n) is 5.38. The van der Waals surface area contributed by atoms with Gasteiger partial charge in [-0.15, -0.1) is 0 Å². The van der Waals surface area contributed by atoms with Crippen LogP contribution in [0.5, 0.6) is 0 Å². The van der Waals surface area contributed by atoms with Gasteiger partial charge in [0, 0.05) is 32.6 Å². The normalized spacial score (nSPS) is 19.0. The highest BCUT2D eigenvalue weighted by molar-refractivity contribution is 5.79. The molecule has 3 rings (SSSR count). The van der Waals surface area contributed by atoms with Crippen molar-refractivity contribution in [3.8, 4) is 0 Å². The topological polar surface area (TPSA) is 39.7 Å². The molecular formula is C23H32N4. The summed E-state index contributed by atoms with van der Waals surface area (Å²) in [6.07, 6.45) is 2.28. The number of hydrogen-bond acceptors (Lipinski definition) is 2. The van der Waals surface area contributed by atoms with E-state index in [2.05, 4.69) is 88.2 Å². The molecule has 2 aromatic rings. The molecule has 0 aromatic heterocycles. The van der Waals surface area contributed by atoms with E-state index in [1.807, 2.05) is 7.05 Å². The number of benzene rings is 2. The van der Waals surface area contributed by atoms with Gasteiger partial charge in [-0.3, -0.25) is 4.99 Å². The maximum Gasteiger partial charge on any atom is 0.191 e. The Balaban J connectivity index is 1.57. The summed E-state index contributed by atoms with van der Waals surface area (Å²) in [5, 5.41) is 7.06. The van der Waals surface area contributed by atoms with Crippen LogP contribution in [-0.2, 0) is 6.42 Å². The Kier molecular flexibility index (Phi) is 7.28. The second-order valence-corrected chi connectivity index (χ2v) is 7.55. The summed E-state index contributed by atoms with van der Waals surface area (Å²) in [7, 11) is 4.05. The largest absolute Gasteiger partial charge is 0.356 e. The van der Waals surface area contributed by atoms with Crippen molar-refractivity contribution in [2.24, 2.45) is 10.9 Å². The maximum atomic E-state index is 4.42. The Bertz CT molecular complexity index is 699. The first-order chi connectivity index (χ1) is 13.2. The molecule has 0 saturated carbocycles. The number of aliphatic imine (C=N–C) groups is 1. The van der Waals surface area contributed by atoms with Gasteiger partial charge >= 0.3 is 0 Å². The van der Waals surface area contributed by atoms with Gasteiger partial charge in [0.05, 0.1) is 0 Å². The van der Waals surface area contributed by atoms with Crippen LogP contribution in [0, 0.1) is 5.92 Å². The monoisotopic (exact) mass is 364 g/mol. The van der Waals surface area contributed by atoms with Crippen LogP contribution in [0.25, 0.3) is 0 Å². The van der Waals surface area contributed by atoms with E-state index in [1.165, 1.54) is 30.6 Å². The van der Waals surface area contributed by atoms with E-state index >= 15 is 0 Å². The second kappa shape index (κ2) is 10.1. The lowest BCUT2D eigenvalue weighted by Gasteiger charge is -2.21. The van der Waals surface area contributed by atoms with E-state index in [4.69, 9.17) is 0 Å². The van der Waals surface area contributed by atoms with Gasteiger partial charge in [-0.2, -0.15) is 0 Å². The Morgan fingerprint density at radius 2 is 1.78 bits per heavy atom. The van der Waals surface area contributed by atoms with E-state index in [-0.39, 0.29) is 0 Å². The van der Waals surface area contributed by atoms with Crippen molar-refractivity contribution in [2.75, 3.05) is 40.3 Å². The zero-order valence-corrected chi connectivity index (χ0v) is 16.6. The molecule has 2 atom stereocenters. The molecule has 0 aliphatic carbocycles. The number of nitrogens with zero attached hydrogens (tertiary/aromatic N) is 2. The summed E-state index contributed by atoms with van der Waals surface area (Å²) < 4.78 is 0. The summed E-state index contributed by atoms with van der Waals surface area (Å²) in [4.78, 5) is 6.82. The van der Waals surface area contributed by atoms with Gasteiger partial charge in [-0.1, -0.05) is 60.7 Å². The smallest absolute Gasteiger partial charge is 0.191 e. The van der Waals surface area contributed by atoms with Gasteiger partial charge in [0.1, 0.15) is 0 Å². The van der Waals surface area contributed by atoms with Crippen LogP contribution < -0.4 is 10.6 Å². The number of likely N-dealkylation sites (tertiary alicyclic amines) is 1. The highest BCUT2D eigenvalue weighted by atomic mass is 15.2. The number of nitrogens with one attached hydrogen (secondary N) is 2. The molecule has 2 aromatic carbocycles. The van der Waals surface area contributed by atoms with Crippen LogP contribution in [0.3, 0.4) is 0 Å². The van der Waals surface area contributed by atoms with Crippen molar-refractivity contribution in [1.82, 2.24) is 15.5 Å². The van der Waals surface area contributed by atoms with Gasteiger partial charge < -0.3 is 15.5 Å². The summed E-state index contributed by atoms with van der Waals surface area (Å²) in [5.74, 6) is 2.02. The third-order valence-corrected chi connectivity index (χ3v) is 5.38. The van der Waals surface area contributed by atoms with Crippen LogP contribution in [0.1, 0.15) is 23.5 Å². The summed E-state index contributed by atoms with van der Waals surface area (Å²) >= 11 is 0. The fourth-order valence-electron chi connectivity index (χ4n) is 3.81. The summed E-state index contributed by atoms with van der Waals surface area (Å²) in [6, 6.07) is 21.5. The quantitative estimate of drug-likeness (QED) is 0.586. The number of hydrogen-bond donors (Lipinski definition) is 2. The van der Waals surface area contributed by atoms with Crippen molar-refractivity contribution in [1.29, 1.82) is 0 Å². The van der Waals surface area contributed by atoms with E-state index < -0.39 is 0 Å². The van der Waals surface area contributed by atoms with Crippen molar-refractivity contribution in [3.05, 3.63) is 71.8 Å². The Morgan fingerprint density at radius 1 is 1.07 bits per heavy atom. The predicted molar refractivity (Wildman–Crippen MR) is 114 cm³/mol. The van der Waals surface area contributed by atoms with Crippen molar-refractivity contribution in [2.45, 2.75) is 18.8 Å². The van der Waals surface area contributed by atoms with Gasteiger partial charge in [-0.25, -0.2) is 0 Å². The zero-order chi connectivity index (χ0) is 18.9. The average molecular weight is 365 g/mol. The van der Waals surface area contributed by atoms with Crippen molar-refractivity contribution >= 4 is 5.96 Å². The predicted octanol–water partition coefficient (Wildman–Crippen LogP) is 3.13. The van der Waals surface area contributed by atoms with Gasteiger partial charge in [0.15, 0.2) is 5.96 Å². The van der Waals surface area contributed by atoms with E-state index in [9.17, 15) is 0 Å². The van der Waals surface area contributed by atoms with Crippen LogP contribution in [0.4, 0.5) is 0 Å². The molecule has 2 unspecified atom stereocenters. The zero-order valence-electron chi connectivity index (χ0n) is 16.6. The van der Waals surface area contributed by atoms with Gasteiger partial charge in [0.25, 0.3) is 0 Å². The molecule has 0 radical (unpaired) electrons. The molecule has 1 aliphatic rings. The highest BCUT2D eigenvalue weighted by Gasteiger charge is 2.19. The summed E-state index contributed by atoms with van der Waals surface area (Å²) in [6.45, 7) is 4.22. The minimum absolute atomic E-state index is 0.407. The molecule has 0 bridgehead atoms. The maximum absolute atomic E-state index is 4.42. The minimum atomic E-state index is 0.407. The Hall–Kier alpha value is -2.33. The molecule has 1 saturated heterocycles. The first kappa shape index (κ1) is 19.4. The molecule has 144 valence electrons. The fraction of sp³-hybridized carbons (Fsp3) is 0.435. The average Bonchev–Trinajstić information content (AvgIpc) is 3.13. The first-order valence-electron chi connectivity index (χ1n) is 9.96. The summed E-state index contributed by atoms with van der Waals surface area (Å²) in [5.41, 5.74) is 2.73. The molecule has 0 spiro atoms. The molecule has 4 nitrogen and oxygen atoms in total. The lowest BCUT2D eigenvalue weighted by molar-refractivity contribution is 0.394. The molecule has 4 heteroatoms. The molecule has 27 heavy (non-hydrogen) atoms. The first-order valence-corrected chi connectivity index (χ1v) is 9.96. The van der Waals surface area contributed by atoms with E-state index in [0.29, 0.717) is 11.8 Å². The van der Waals surface area contributed by atoms with Gasteiger partial charge in [-0.05, 0) is 43.5 Å².